The van der Waals surface area contributed by atoms with Crippen LogP contribution in [0.15, 0.2) is 36.7 Å². The predicted molar refractivity (Wildman–Crippen MR) is 138 cm³/mol. The number of fused-ring (bicyclic) bond motifs is 1. The molecule has 1 aliphatic heterocycles. The maximum Gasteiger partial charge on any atom is 0.270 e. The molecule has 1 atom stereocenters. The molecule has 0 bridgehead atoms. The van der Waals surface area contributed by atoms with Gasteiger partial charge >= 0.3 is 0 Å². The first kappa shape index (κ1) is 25.5. The summed E-state index contributed by atoms with van der Waals surface area (Å²) in [6.07, 6.45) is 6.33. The van der Waals surface area contributed by atoms with Crippen LogP contribution in [0, 0.1) is 0 Å². The van der Waals surface area contributed by atoms with Gasteiger partial charge in [0.05, 0.1) is 6.10 Å². The molecule has 1 aromatic carbocycles. The molecule has 2 heterocycles. The molecule has 2 aromatic rings. The Morgan fingerprint density at radius 3 is 2.66 bits per heavy atom. The summed E-state index contributed by atoms with van der Waals surface area (Å²) in [6.45, 7) is 9.24. The van der Waals surface area contributed by atoms with E-state index in [1.54, 1.807) is 6.07 Å². The highest BCUT2D eigenvalue weighted by Gasteiger charge is 2.33. The fourth-order valence-corrected chi connectivity index (χ4v) is 5.20. The maximum atomic E-state index is 12.7. The highest BCUT2D eigenvalue weighted by Crippen LogP contribution is 2.28. The van der Waals surface area contributed by atoms with Gasteiger partial charge in [0.15, 0.2) is 0 Å². The van der Waals surface area contributed by atoms with Crippen molar-refractivity contribution in [3.05, 3.63) is 53.5 Å². The third kappa shape index (κ3) is 6.99. The Bertz CT molecular complexity index is 958. The lowest BCUT2D eigenvalue weighted by atomic mass is 9.85. The standard InChI is InChI=1S/C27H40N6O2/c1-3-10-33(11-4-2)23-13-22(14-23)31-26-15-25(29-19-30-26)27(35)28-16-24(34)18-32-12-9-20-7-5-6-8-21(20)17-32/h5-8,15,19,22-24,34H,3-4,9-14,16-18H2,1-2H3,(H,28,35)(H,29,30,31)/t22-,23+,24-/m0/s1. The largest absolute Gasteiger partial charge is 0.390 e. The molecule has 2 aliphatic rings. The molecule has 1 aliphatic carbocycles. The van der Waals surface area contributed by atoms with Crippen molar-refractivity contribution in [1.29, 1.82) is 0 Å². The molecule has 1 saturated carbocycles. The summed E-state index contributed by atoms with van der Waals surface area (Å²) < 4.78 is 0. The van der Waals surface area contributed by atoms with Gasteiger partial charge in [-0.1, -0.05) is 38.1 Å². The van der Waals surface area contributed by atoms with E-state index in [9.17, 15) is 9.90 Å². The normalized spacial score (nSPS) is 20.7. The number of hydrogen-bond acceptors (Lipinski definition) is 7. The zero-order valence-electron chi connectivity index (χ0n) is 21.1. The van der Waals surface area contributed by atoms with Crippen molar-refractivity contribution in [3.8, 4) is 0 Å². The zero-order valence-corrected chi connectivity index (χ0v) is 21.1. The quantitative estimate of drug-likeness (QED) is 0.430. The van der Waals surface area contributed by atoms with Crippen molar-refractivity contribution in [1.82, 2.24) is 25.1 Å². The number of rotatable bonds is 12. The van der Waals surface area contributed by atoms with E-state index in [0.717, 1.165) is 45.4 Å². The second kappa shape index (κ2) is 12.4. The smallest absolute Gasteiger partial charge is 0.270 e. The van der Waals surface area contributed by atoms with Crippen LogP contribution in [-0.4, -0.2) is 81.7 Å². The van der Waals surface area contributed by atoms with Gasteiger partial charge in [-0.15, -0.1) is 0 Å². The molecule has 0 spiro atoms. The minimum atomic E-state index is -0.634. The number of anilines is 1. The van der Waals surface area contributed by atoms with Crippen molar-refractivity contribution in [2.24, 2.45) is 0 Å². The Balaban J connectivity index is 1.20. The van der Waals surface area contributed by atoms with Crippen molar-refractivity contribution in [2.75, 3.05) is 38.0 Å². The van der Waals surface area contributed by atoms with Crippen LogP contribution in [0.5, 0.6) is 0 Å². The number of amides is 1. The molecule has 0 radical (unpaired) electrons. The van der Waals surface area contributed by atoms with Crippen LogP contribution in [0.1, 0.15) is 61.1 Å². The Kier molecular flexibility index (Phi) is 9.06. The van der Waals surface area contributed by atoms with E-state index in [2.05, 4.69) is 68.5 Å². The molecule has 4 rings (SSSR count). The van der Waals surface area contributed by atoms with E-state index >= 15 is 0 Å². The van der Waals surface area contributed by atoms with Gasteiger partial charge in [0.25, 0.3) is 5.91 Å². The molecular weight excluding hydrogens is 440 g/mol. The van der Waals surface area contributed by atoms with Crippen molar-refractivity contribution in [2.45, 2.75) is 70.7 Å². The van der Waals surface area contributed by atoms with Gasteiger partial charge in [0.1, 0.15) is 17.8 Å². The Morgan fingerprint density at radius 1 is 1.17 bits per heavy atom. The number of hydrogen-bond donors (Lipinski definition) is 3. The third-order valence-electron chi connectivity index (χ3n) is 7.08. The molecular formula is C27H40N6O2. The summed E-state index contributed by atoms with van der Waals surface area (Å²) >= 11 is 0. The van der Waals surface area contributed by atoms with Crippen LogP contribution in [0.3, 0.4) is 0 Å². The second-order valence-corrected chi connectivity index (χ2v) is 9.91. The molecule has 3 N–H and O–H groups in total. The molecule has 1 amide bonds. The number of β-amino-alcohol motifs (C(OH)–C–C–N with tert-alkyl or cyclic N) is 1. The Labute approximate surface area is 209 Å². The lowest BCUT2D eigenvalue weighted by Crippen LogP contribution is -2.50. The van der Waals surface area contributed by atoms with Crippen molar-refractivity contribution in [3.63, 3.8) is 0 Å². The van der Waals surface area contributed by atoms with E-state index in [1.807, 2.05) is 0 Å². The van der Waals surface area contributed by atoms with Crippen LogP contribution in [0.25, 0.3) is 0 Å². The van der Waals surface area contributed by atoms with Gasteiger partial charge in [-0.05, 0) is 56.3 Å². The van der Waals surface area contributed by atoms with Crippen molar-refractivity contribution >= 4 is 11.7 Å². The predicted octanol–water partition coefficient (Wildman–Crippen LogP) is 2.69. The Hall–Kier alpha value is -2.55. The highest BCUT2D eigenvalue weighted by atomic mass is 16.3. The summed E-state index contributed by atoms with van der Waals surface area (Å²) in [5.41, 5.74) is 3.02. The molecule has 35 heavy (non-hydrogen) atoms. The summed E-state index contributed by atoms with van der Waals surface area (Å²) in [6, 6.07) is 11.2. The SMILES string of the molecule is CCCN(CCC)[C@H]1C[C@@H](Nc2cc(C(=O)NC[C@H](O)CN3CCc4ccccc4C3)ncn2)C1. The molecule has 1 fully saturated rings. The lowest BCUT2D eigenvalue weighted by molar-refractivity contribution is 0.0838. The average molecular weight is 481 g/mol. The number of carbonyl (C=O) groups is 1. The number of aromatic nitrogens is 2. The number of nitrogens with one attached hydrogen (secondary N) is 2. The fourth-order valence-electron chi connectivity index (χ4n) is 5.20. The van der Waals surface area contributed by atoms with Gasteiger partial charge in [-0.3, -0.25) is 9.69 Å². The lowest BCUT2D eigenvalue weighted by Gasteiger charge is -2.43. The molecule has 1 aromatic heterocycles. The van der Waals surface area contributed by atoms with Gasteiger partial charge in [0.2, 0.25) is 0 Å². The van der Waals surface area contributed by atoms with E-state index in [-0.39, 0.29) is 12.5 Å². The van der Waals surface area contributed by atoms with Crippen LogP contribution < -0.4 is 10.6 Å². The fraction of sp³-hybridized carbons (Fsp3) is 0.593. The minimum Gasteiger partial charge on any atom is -0.390 e. The third-order valence-corrected chi connectivity index (χ3v) is 7.08. The second-order valence-electron chi connectivity index (χ2n) is 9.91. The molecule has 0 unspecified atom stereocenters. The molecule has 8 nitrogen and oxygen atoms in total. The summed E-state index contributed by atoms with van der Waals surface area (Å²) in [5, 5.41) is 16.8. The van der Waals surface area contributed by atoms with Gasteiger partial charge in [-0.25, -0.2) is 9.97 Å². The van der Waals surface area contributed by atoms with Crippen molar-refractivity contribution < 1.29 is 9.90 Å². The first-order chi connectivity index (χ1) is 17.1. The van der Waals surface area contributed by atoms with E-state index < -0.39 is 6.10 Å². The van der Waals surface area contributed by atoms with Gasteiger partial charge < -0.3 is 20.6 Å². The molecule has 8 heteroatoms. The minimum absolute atomic E-state index is 0.193. The van der Waals surface area contributed by atoms with Gasteiger partial charge in [0, 0.05) is 44.3 Å². The first-order valence-electron chi connectivity index (χ1n) is 13.1. The van der Waals surface area contributed by atoms with Gasteiger partial charge in [-0.2, -0.15) is 0 Å². The van der Waals surface area contributed by atoms with E-state index in [4.69, 9.17) is 0 Å². The van der Waals surface area contributed by atoms with Crippen LogP contribution in [-0.2, 0) is 13.0 Å². The number of aliphatic hydroxyl groups is 1. The summed E-state index contributed by atoms with van der Waals surface area (Å²) in [5.74, 6) is 0.390. The number of benzene rings is 1. The topological polar surface area (TPSA) is 93.6 Å². The summed E-state index contributed by atoms with van der Waals surface area (Å²) in [4.78, 5) is 25.9. The molecule has 0 saturated heterocycles. The number of carbonyl (C=O) groups excluding carboxylic acids is 1. The maximum absolute atomic E-state index is 12.7. The van der Waals surface area contributed by atoms with Crippen LogP contribution in [0.4, 0.5) is 5.82 Å². The average Bonchev–Trinajstić information content (AvgIpc) is 2.84. The first-order valence-corrected chi connectivity index (χ1v) is 13.1. The summed E-state index contributed by atoms with van der Waals surface area (Å²) in [7, 11) is 0. The Morgan fingerprint density at radius 2 is 1.91 bits per heavy atom. The monoisotopic (exact) mass is 480 g/mol. The number of nitrogens with zero attached hydrogens (tertiary/aromatic N) is 4. The van der Waals surface area contributed by atoms with E-state index in [0.29, 0.717) is 30.1 Å². The number of aliphatic hydroxyl groups excluding tert-OH is 1. The van der Waals surface area contributed by atoms with Crippen LogP contribution >= 0.6 is 0 Å². The highest BCUT2D eigenvalue weighted by molar-refractivity contribution is 5.92. The molecule has 190 valence electrons. The zero-order chi connectivity index (χ0) is 24.6. The van der Waals surface area contributed by atoms with Crippen LogP contribution in [0.2, 0.25) is 0 Å². The van der Waals surface area contributed by atoms with E-state index in [1.165, 1.54) is 30.3 Å².